The highest BCUT2D eigenvalue weighted by molar-refractivity contribution is 6.36. The zero-order valence-electron chi connectivity index (χ0n) is 17.4. The molecule has 0 bridgehead atoms. The molecule has 162 valence electrons. The summed E-state index contributed by atoms with van der Waals surface area (Å²) in [5, 5.41) is 1.77. The Morgan fingerprint density at radius 1 is 1.03 bits per heavy atom. The predicted molar refractivity (Wildman–Crippen MR) is 126 cm³/mol. The van der Waals surface area contributed by atoms with Gasteiger partial charge < -0.3 is 4.90 Å². The maximum absolute atomic E-state index is 15.7. The Morgan fingerprint density at radius 2 is 1.84 bits per heavy atom. The summed E-state index contributed by atoms with van der Waals surface area (Å²) in [7, 11) is 0. The lowest BCUT2D eigenvalue weighted by molar-refractivity contribution is 0.284. The molecule has 1 aliphatic heterocycles. The number of piperazine rings is 1. The average molecular weight is 451 g/mol. The molecule has 4 nitrogen and oxygen atoms in total. The first-order valence-electron chi connectivity index (χ1n) is 10.5. The molecule has 2 aromatic carbocycles. The third kappa shape index (κ3) is 3.49. The molecule has 2 aromatic heterocycles. The normalized spacial score (nSPS) is 14.9. The summed E-state index contributed by atoms with van der Waals surface area (Å²) < 4.78 is 29.9. The fourth-order valence-electron chi connectivity index (χ4n) is 4.39. The SMILES string of the molecule is C=CCN1CCN(c2ccnc3c(F)c(-c4cccc5ccc(F)c(Cl)c45)ncc23)CC1. The Balaban J connectivity index is 1.60. The van der Waals surface area contributed by atoms with Crippen molar-refractivity contribution in [3.63, 3.8) is 0 Å². The third-order valence-electron chi connectivity index (χ3n) is 6.00. The Labute approximate surface area is 189 Å². The number of hydrogen-bond donors (Lipinski definition) is 0. The van der Waals surface area contributed by atoms with Crippen molar-refractivity contribution < 1.29 is 8.78 Å². The first-order chi connectivity index (χ1) is 15.6. The van der Waals surface area contributed by atoms with Gasteiger partial charge in [-0.2, -0.15) is 0 Å². The minimum atomic E-state index is -0.552. The van der Waals surface area contributed by atoms with E-state index in [9.17, 15) is 4.39 Å². The molecule has 1 saturated heterocycles. The van der Waals surface area contributed by atoms with Gasteiger partial charge >= 0.3 is 0 Å². The molecular weight excluding hydrogens is 430 g/mol. The minimum Gasteiger partial charge on any atom is -0.368 e. The van der Waals surface area contributed by atoms with Crippen molar-refractivity contribution in [2.75, 3.05) is 37.6 Å². The van der Waals surface area contributed by atoms with E-state index < -0.39 is 11.6 Å². The predicted octanol–water partition coefficient (Wildman–Crippen LogP) is 5.69. The molecule has 0 N–H and O–H groups in total. The van der Waals surface area contributed by atoms with Crippen molar-refractivity contribution in [2.24, 2.45) is 0 Å². The molecule has 1 fully saturated rings. The standard InChI is InChI=1S/C25H21ClF2N4/c1-2-10-31-11-13-32(14-12-31)20-8-9-29-25-18(20)15-30-24(23(25)28)17-5-3-4-16-6-7-19(27)22(26)21(16)17/h2-9,15H,1,10-14H2. The van der Waals surface area contributed by atoms with Gasteiger partial charge in [0.2, 0.25) is 0 Å². The maximum Gasteiger partial charge on any atom is 0.175 e. The van der Waals surface area contributed by atoms with Crippen LogP contribution in [0.3, 0.4) is 0 Å². The van der Waals surface area contributed by atoms with Gasteiger partial charge in [-0.15, -0.1) is 6.58 Å². The summed E-state index contributed by atoms with van der Waals surface area (Å²) >= 11 is 6.25. The molecule has 0 aliphatic carbocycles. The van der Waals surface area contributed by atoms with Gasteiger partial charge in [-0.1, -0.05) is 41.9 Å². The van der Waals surface area contributed by atoms with E-state index in [0.717, 1.165) is 38.4 Å². The number of fused-ring (bicyclic) bond motifs is 2. The van der Waals surface area contributed by atoms with Gasteiger partial charge in [-0.05, 0) is 17.5 Å². The zero-order valence-corrected chi connectivity index (χ0v) is 18.1. The molecule has 0 atom stereocenters. The van der Waals surface area contributed by atoms with Crippen molar-refractivity contribution in [2.45, 2.75) is 0 Å². The van der Waals surface area contributed by atoms with Crippen LogP contribution in [-0.4, -0.2) is 47.6 Å². The van der Waals surface area contributed by atoms with E-state index in [0.29, 0.717) is 21.7 Å². The second kappa shape index (κ2) is 8.45. The van der Waals surface area contributed by atoms with Crippen LogP contribution >= 0.6 is 11.6 Å². The largest absolute Gasteiger partial charge is 0.368 e. The van der Waals surface area contributed by atoms with Gasteiger partial charge in [0, 0.05) is 67.1 Å². The van der Waals surface area contributed by atoms with Crippen LogP contribution in [0.5, 0.6) is 0 Å². The van der Waals surface area contributed by atoms with E-state index in [2.05, 4.69) is 26.3 Å². The third-order valence-corrected chi connectivity index (χ3v) is 6.37. The van der Waals surface area contributed by atoms with Crippen LogP contribution in [0.15, 0.2) is 61.4 Å². The highest BCUT2D eigenvalue weighted by atomic mass is 35.5. The van der Waals surface area contributed by atoms with Gasteiger partial charge in [0.1, 0.15) is 17.0 Å². The number of rotatable bonds is 4. The molecule has 0 unspecified atom stereocenters. The minimum absolute atomic E-state index is 0.0431. The van der Waals surface area contributed by atoms with E-state index in [4.69, 9.17) is 11.6 Å². The van der Waals surface area contributed by atoms with Crippen LogP contribution in [-0.2, 0) is 0 Å². The highest BCUT2D eigenvalue weighted by Crippen LogP contribution is 2.37. The summed E-state index contributed by atoms with van der Waals surface area (Å²) in [5.74, 6) is -1.09. The van der Waals surface area contributed by atoms with Gasteiger partial charge in [-0.3, -0.25) is 14.9 Å². The van der Waals surface area contributed by atoms with Crippen molar-refractivity contribution in [3.05, 3.63) is 78.1 Å². The summed E-state index contributed by atoms with van der Waals surface area (Å²) in [6.07, 6.45) is 5.18. The van der Waals surface area contributed by atoms with Crippen LogP contribution in [0, 0.1) is 11.6 Å². The molecule has 4 aromatic rings. The van der Waals surface area contributed by atoms with E-state index in [-0.39, 0.29) is 16.2 Å². The zero-order chi connectivity index (χ0) is 22.2. The first kappa shape index (κ1) is 20.8. The lowest BCUT2D eigenvalue weighted by Gasteiger charge is -2.36. The lowest BCUT2D eigenvalue weighted by atomic mass is 10.00. The number of halogens is 3. The van der Waals surface area contributed by atoms with Crippen molar-refractivity contribution in [1.29, 1.82) is 0 Å². The Morgan fingerprint density at radius 3 is 2.62 bits per heavy atom. The fraction of sp³-hybridized carbons (Fsp3) is 0.200. The molecular formula is C25H21ClF2N4. The summed E-state index contributed by atoms with van der Waals surface area (Å²) in [6, 6.07) is 10.1. The van der Waals surface area contributed by atoms with Crippen LogP contribution in [0.25, 0.3) is 32.9 Å². The van der Waals surface area contributed by atoms with E-state index >= 15 is 4.39 Å². The van der Waals surface area contributed by atoms with Gasteiger partial charge in [0.15, 0.2) is 5.82 Å². The molecule has 1 aliphatic rings. The Hall–Kier alpha value is -3.09. The second-order valence-corrected chi connectivity index (χ2v) is 8.23. The van der Waals surface area contributed by atoms with Gasteiger partial charge in [0.05, 0.1) is 5.02 Å². The van der Waals surface area contributed by atoms with Crippen molar-refractivity contribution >= 4 is 39.0 Å². The molecule has 7 heteroatoms. The molecule has 3 heterocycles. The van der Waals surface area contributed by atoms with E-state index in [1.165, 1.54) is 6.07 Å². The number of anilines is 1. The molecule has 32 heavy (non-hydrogen) atoms. The first-order valence-corrected chi connectivity index (χ1v) is 10.8. The maximum atomic E-state index is 15.7. The van der Waals surface area contributed by atoms with Crippen LogP contribution in [0.1, 0.15) is 0 Å². The second-order valence-electron chi connectivity index (χ2n) is 7.85. The van der Waals surface area contributed by atoms with Crippen LogP contribution < -0.4 is 4.90 Å². The number of hydrogen-bond acceptors (Lipinski definition) is 4. The molecule has 0 radical (unpaired) electrons. The smallest absolute Gasteiger partial charge is 0.175 e. The average Bonchev–Trinajstić information content (AvgIpc) is 2.82. The summed E-state index contributed by atoms with van der Waals surface area (Å²) in [6.45, 7) is 8.13. The summed E-state index contributed by atoms with van der Waals surface area (Å²) in [4.78, 5) is 13.3. The topological polar surface area (TPSA) is 32.3 Å². The molecule has 5 rings (SSSR count). The van der Waals surface area contributed by atoms with Crippen LogP contribution in [0.2, 0.25) is 5.02 Å². The lowest BCUT2D eigenvalue weighted by Crippen LogP contribution is -2.46. The molecule has 0 amide bonds. The van der Waals surface area contributed by atoms with Crippen molar-refractivity contribution in [3.8, 4) is 11.3 Å². The van der Waals surface area contributed by atoms with Crippen molar-refractivity contribution in [1.82, 2.24) is 14.9 Å². The van der Waals surface area contributed by atoms with Gasteiger partial charge in [0.25, 0.3) is 0 Å². The highest BCUT2D eigenvalue weighted by Gasteiger charge is 2.22. The fourth-order valence-corrected chi connectivity index (χ4v) is 4.66. The van der Waals surface area contributed by atoms with E-state index in [1.54, 1.807) is 30.6 Å². The summed E-state index contributed by atoms with van der Waals surface area (Å²) in [5.41, 5.74) is 1.70. The molecule has 0 saturated carbocycles. The number of aromatic nitrogens is 2. The number of pyridine rings is 2. The monoisotopic (exact) mass is 450 g/mol. The number of benzene rings is 2. The molecule has 0 spiro atoms. The quantitative estimate of drug-likeness (QED) is 0.374. The Kier molecular flexibility index (Phi) is 5.49. The van der Waals surface area contributed by atoms with Gasteiger partial charge in [-0.25, -0.2) is 8.78 Å². The Bertz CT molecular complexity index is 1330. The van der Waals surface area contributed by atoms with E-state index in [1.807, 2.05) is 18.2 Å². The number of nitrogens with zero attached hydrogens (tertiary/aromatic N) is 4. The van der Waals surface area contributed by atoms with Crippen LogP contribution in [0.4, 0.5) is 14.5 Å².